The second-order valence-corrected chi connectivity index (χ2v) is 6.51. The van der Waals surface area contributed by atoms with Gasteiger partial charge in [0.15, 0.2) is 0 Å². The lowest BCUT2D eigenvalue weighted by atomic mass is 10.0. The predicted molar refractivity (Wildman–Crippen MR) is 101 cm³/mol. The zero-order valence-electron chi connectivity index (χ0n) is 15.3. The molecule has 1 fully saturated rings. The summed E-state index contributed by atoms with van der Waals surface area (Å²) in [6.07, 6.45) is 5.17. The van der Waals surface area contributed by atoms with E-state index in [-0.39, 0.29) is 17.9 Å². The second-order valence-electron chi connectivity index (χ2n) is 6.51. The van der Waals surface area contributed by atoms with E-state index >= 15 is 0 Å². The van der Waals surface area contributed by atoms with Gasteiger partial charge in [0.2, 0.25) is 11.8 Å². The Morgan fingerprint density at radius 1 is 1.07 bits per heavy atom. The number of hydrogen-bond acceptors (Lipinski definition) is 7. The lowest BCUT2D eigenvalue weighted by Crippen LogP contribution is -2.38. The molecule has 0 saturated carbocycles. The van der Waals surface area contributed by atoms with Crippen LogP contribution in [0, 0.1) is 0 Å². The van der Waals surface area contributed by atoms with E-state index in [1.807, 2.05) is 0 Å². The molecule has 0 radical (unpaired) electrons. The number of anilines is 1. The zero-order valence-corrected chi connectivity index (χ0v) is 15.3. The summed E-state index contributed by atoms with van der Waals surface area (Å²) in [4.78, 5) is 12.0. The van der Waals surface area contributed by atoms with Crippen molar-refractivity contribution in [3.63, 3.8) is 0 Å². The van der Waals surface area contributed by atoms with E-state index in [2.05, 4.69) is 19.7 Å². The highest BCUT2D eigenvalue weighted by Gasteiger charge is 2.21. The third-order valence-corrected chi connectivity index (χ3v) is 4.30. The van der Waals surface area contributed by atoms with Gasteiger partial charge >= 0.3 is 6.61 Å². The maximum atomic E-state index is 12.9. The Hall–Kier alpha value is -3.33. The highest BCUT2D eigenvalue weighted by Crippen LogP contribution is 2.33. The van der Waals surface area contributed by atoms with Crippen molar-refractivity contribution in [1.82, 2.24) is 15.0 Å². The number of aromatic nitrogens is 3. The van der Waals surface area contributed by atoms with Crippen molar-refractivity contribution < 1.29 is 23.0 Å². The monoisotopic (exact) mass is 400 g/mol. The second kappa shape index (κ2) is 8.36. The van der Waals surface area contributed by atoms with Crippen LogP contribution in [0.5, 0.6) is 11.6 Å². The topological polar surface area (TPSA) is 92.4 Å². The summed E-state index contributed by atoms with van der Waals surface area (Å²) in [5.74, 6) is 0.652. The molecule has 1 saturated heterocycles. The average molecular weight is 400 g/mol. The molecule has 0 amide bonds. The molecule has 1 aliphatic rings. The van der Waals surface area contributed by atoms with Crippen LogP contribution in [0.2, 0.25) is 0 Å². The van der Waals surface area contributed by atoms with Crippen LogP contribution in [0.1, 0.15) is 11.1 Å². The van der Waals surface area contributed by atoms with Gasteiger partial charge in [-0.15, -0.1) is 0 Å². The lowest BCUT2D eigenvalue weighted by Gasteiger charge is -2.26. The number of ether oxygens (including phenoxy) is 3. The number of hydrogen-bond donors (Lipinski definition) is 1. The fourth-order valence-corrected chi connectivity index (χ4v) is 2.88. The molecule has 3 heterocycles. The fraction of sp³-hybridized carbons (Fsp3) is 0.250. The van der Waals surface area contributed by atoms with Gasteiger partial charge in [-0.3, -0.25) is 0 Å². The predicted octanol–water partition coefficient (Wildman–Crippen LogP) is 3.09. The molecule has 150 valence electrons. The number of nitrogens with two attached hydrogens (primary N) is 1. The van der Waals surface area contributed by atoms with Gasteiger partial charge in [-0.2, -0.15) is 8.78 Å². The van der Waals surface area contributed by atoms with Crippen molar-refractivity contribution in [2.45, 2.75) is 19.1 Å². The molecule has 29 heavy (non-hydrogen) atoms. The Kier molecular flexibility index (Phi) is 5.48. The lowest BCUT2D eigenvalue weighted by molar-refractivity contribution is -0.0796. The molecule has 0 aliphatic carbocycles. The van der Waals surface area contributed by atoms with E-state index in [0.717, 1.165) is 11.1 Å². The van der Waals surface area contributed by atoms with Gasteiger partial charge < -0.3 is 19.9 Å². The Morgan fingerprint density at radius 3 is 2.52 bits per heavy atom. The molecular formula is C20H18F2N4O3. The molecule has 9 heteroatoms. The van der Waals surface area contributed by atoms with Crippen LogP contribution in [0.25, 0.3) is 11.1 Å². The summed E-state index contributed by atoms with van der Waals surface area (Å²) >= 11 is 0. The summed E-state index contributed by atoms with van der Waals surface area (Å²) in [6, 6.07) is 8.90. The summed E-state index contributed by atoms with van der Waals surface area (Å²) in [5, 5.41) is 0. The summed E-state index contributed by atoms with van der Waals surface area (Å²) < 4.78 is 41.3. The van der Waals surface area contributed by atoms with Crippen LogP contribution in [-0.2, 0) is 11.2 Å². The van der Waals surface area contributed by atoms with Gasteiger partial charge in [0.1, 0.15) is 11.9 Å². The largest absolute Gasteiger partial charge is 0.486 e. The molecule has 3 aromatic rings. The molecule has 2 N–H and O–H groups in total. The molecule has 1 aromatic carbocycles. The Morgan fingerprint density at radius 2 is 1.83 bits per heavy atom. The van der Waals surface area contributed by atoms with E-state index < -0.39 is 6.61 Å². The number of alkyl halides is 2. The SMILES string of the molecule is Nc1ncc(Cc2cnc(OC(F)F)c(-c3cccc(OC4COC4)c3)c2)cn1. The Bertz CT molecular complexity index is 982. The van der Waals surface area contributed by atoms with Crippen LogP contribution in [0.3, 0.4) is 0 Å². The van der Waals surface area contributed by atoms with Gasteiger partial charge in [-0.05, 0) is 34.9 Å². The third kappa shape index (κ3) is 4.75. The normalized spacial score (nSPS) is 13.9. The number of nitrogen functional groups attached to an aromatic ring is 1. The minimum atomic E-state index is -2.98. The number of pyridine rings is 1. The average Bonchev–Trinajstić information content (AvgIpc) is 2.68. The first-order valence-corrected chi connectivity index (χ1v) is 8.92. The van der Waals surface area contributed by atoms with E-state index in [0.29, 0.717) is 36.5 Å². The molecule has 0 spiro atoms. The fourth-order valence-electron chi connectivity index (χ4n) is 2.88. The molecular weight excluding hydrogens is 382 g/mol. The summed E-state index contributed by atoms with van der Waals surface area (Å²) in [5.41, 5.74) is 8.20. The quantitative estimate of drug-likeness (QED) is 0.651. The smallest absolute Gasteiger partial charge is 0.388 e. The maximum absolute atomic E-state index is 12.9. The van der Waals surface area contributed by atoms with Crippen molar-refractivity contribution in [3.8, 4) is 22.8 Å². The minimum Gasteiger partial charge on any atom is -0.486 e. The van der Waals surface area contributed by atoms with Crippen LogP contribution < -0.4 is 15.2 Å². The van der Waals surface area contributed by atoms with Crippen LogP contribution in [-0.4, -0.2) is 40.9 Å². The molecule has 0 atom stereocenters. The van der Waals surface area contributed by atoms with Crippen molar-refractivity contribution in [1.29, 1.82) is 0 Å². The molecule has 2 aromatic heterocycles. The van der Waals surface area contributed by atoms with Gasteiger partial charge in [-0.25, -0.2) is 15.0 Å². The summed E-state index contributed by atoms with van der Waals surface area (Å²) in [6.45, 7) is -1.92. The number of benzene rings is 1. The standard InChI is InChI=1S/C20H18F2N4O3/c21-19(22)29-18-17(14-2-1-3-15(6-14)28-16-10-27-11-16)5-12(7-24-18)4-13-8-25-20(23)26-9-13/h1-3,5-9,16,19H,4,10-11H2,(H2,23,25,26). The van der Waals surface area contributed by atoms with Crippen LogP contribution >= 0.6 is 0 Å². The van der Waals surface area contributed by atoms with Gasteiger partial charge in [0, 0.05) is 30.6 Å². The third-order valence-electron chi connectivity index (χ3n) is 4.30. The zero-order chi connectivity index (χ0) is 20.2. The first-order valence-electron chi connectivity index (χ1n) is 8.92. The number of nitrogens with zero attached hydrogens (tertiary/aromatic N) is 3. The Labute approximate surface area is 165 Å². The molecule has 4 rings (SSSR count). The minimum absolute atomic E-state index is 0.00277. The Balaban J connectivity index is 1.65. The van der Waals surface area contributed by atoms with Crippen LogP contribution in [0.4, 0.5) is 14.7 Å². The maximum Gasteiger partial charge on any atom is 0.388 e. The van der Waals surface area contributed by atoms with Crippen LogP contribution in [0.15, 0.2) is 48.9 Å². The number of rotatable bonds is 7. The molecule has 7 nitrogen and oxygen atoms in total. The van der Waals surface area contributed by atoms with Crippen molar-refractivity contribution in [2.75, 3.05) is 18.9 Å². The molecule has 0 unspecified atom stereocenters. The van der Waals surface area contributed by atoms with E-state index in [4.69, 9.17) is 15.2 Å². The van der Waals surface area contributed by atoms with Gasteiger partial charge in [0.25, 0.3) is 0 Å². The number of halogens is 2. The van der Waals surface area contributed by atoms with Crippen molar-refractivity contribution in [3.05, 3.63) is 60.0 Å². The first-order chi connectivity index (χ1) is 14.1. The highest BCUT2D eigenvalue weighted by molar-refractivity contribution is 5.70. The van der Waals surface area contributed by atoms with Gasteiger partial charge in [0.05, 0.1) is 13.2 Å². The highest BCUT2D eigenvalue weighted by atomic mass is 19.3. The van der Waals surface area contributed by atoms with E-state index in [1.165, 1.54) is 6.20 Å². The van der Waals surface area contributed by atoms with E-state index in [1.54, 1.807) is 42.7 Å². The van der Waals surface area contributed by atoms with E-state index in [9.17, 15) is 8.78 Å². The molecule has 1 aliphatic heterocycles. The van der Waals surface area contributed by atoms with Gasteiger partial charge in [-0.1, -0.05) is 12.1 Å². The van der Waals surface area contributed by atoms with Crippen molar-refractivity contribution in [2.24, 2.45) is 0 Å². The molecule has 0 bridgehead atoms. The summed E-state index contributed by atoms with van der Waals surface area (Å²) in [7, 11) is 0. The van der Waals surface area contributed by atoms with Crippen molar-refractivity contribution >= 4 is 5.95 Å². The first kappa shape index (κ1) is 19.0.